The Hall–Kier alpha value is -1.87. The molecule has 1 amide bonds. The van der Waals surface area contributed by atoms with Crippen LogP contribution in [0.5, 0.6) is 0 Å². The Morgan fingerprint density at radius 1 is 1.12 bits per heavy atom. The first kappa shape index (κ1) is 17.0. The lowest BCUT2D eigenvalue weighted by Gasteiger charge is -2.34. The minimum atomic E-state index is 0.166. The Balaban J connectivity index is 1.67. The molecule has 1 unspecified atom stereocenters. The van der Waals surface area contributed by atoms with Crippen molar-refractivity contribution < 1.29 is 4.79 Å². The van der Waals surface area contributed by atoms with Crippen LogP contribution in [0.3, 0.4) is 0 Å². The van der Waals surface area contributed by atoms with E-state index in [-0.39, 0.29) is 5.92 Å². The second-order valence-corrected chi connectivity index (χ2v) is 6.77. The van der Waals surface area contributed by atoms with E-state index >= 15 is 0 Å². The van der Waals surface area contributed by atoms with Crippen molar-refractivity contribution in [2.24, 2.45) is 5.92 Å². The molecule has 2 aromatic rings. The van der Waals surface area contributed by atoms with E-state index in [4.69, 9.17) is 0 Å². The molecule has 1 fully saturated rings. The van der Waals surface area contributed by atoms with Crippen molar-refractivity contribution in [3.8, 4) is 0 Å². The predicted molar refractivity (Wildman–Crippen MR) is 99.9 cm³/mol. The number of piperidine rings is 1. The Bertz CT molecular complexity index is 693. The largest absolute Gasteiger partial charge is 0.343 e. The number of amides is 1. The number of likely N-dealkylation sites (tertiary alicyclic amines) is 1. The number of fused-ring (bicyclic) bond motifs is 1. The van der Waals surface area contributed by atoms with Crippen LogP contribution in [-0.4, -0.2) is 41.9 Å². The van der Waals surface area contributed by atoms with Crippen LogP contribution >= 0.6 is 0 Å². The van der Waals surface area contributed by atoms with Crippen LogP contribution in [0.1, 0.15) is 32.3 Å². The summed E-state index contributed by atoms with van der Waals surface area (Å²) in [5, 5.41) is 2.58. The normalized spacial score (nSPS) is 18.7. The van der Waals surface area contributed by atoms with Gasteiger partial charge in [-0.2, -0.15) is 0 Å². The van der Waals surface area contributed by atoms with Crippen LogP contribution in [0.2, 0.25) is 0 Å². The van der Waals surface area contributed by atoms with Gasteiger partial charge in [-0.05, 0) is 55.6 Å². The molecule has 3 nitrogen and oxygen atoms in total. The monoisotopic (exact) mass is 324 g/mol. The first-order chi connectivity index (χ1) is 11.7. The van der Waals surface area contributed by atoms with Gasteiger partial charge in [0.25, 0.3) is 0 Å². The molecule has 1 heterocycles. The minimum absolute atomic E-state index is 0.166. The van der Waals surface area contributed by atoms with Gasteiger partial charge in [-0.15, -0.1) is 0 Å². The Labute approximate surface area is 145 Å². The van der Waals surface area contributed by atoms with Crippen molar-refractivity contribution >= 4 is 16.7 Å². The van der Waals surface area contributed by atoms with Gasteiger partial charge in [-0.25, -0.2) is 0 Å². The van der Waals surface area contributed by atoms with Crippen LogP contribution in [-0.2, 0) is 11.3 Å². The highest BCUT2D eigenvalue weighted by Gasteiger charge is 2.28. The van der Waals surface area contributed by atoms with Gasteiger partial charge in [0.15, 0.2) is 0 Å². The molecule has 3 rings (SSSR count). The summed E-state index contributed by atoms with van der Waals surface area (Å²) in [5.74, 6) is 0.502. The Morgan fingerprint density at radius 3 is 2.62 bits per heavy atom. The van der Waals surface area contributed by atoms with E-state index in [1.165, 1.54) is 16.3 Å². The number of nitrogens with zero attached hydrogens (tertiary/aromatic N) is 2. The van der Waals surface area contributed by atoms with E-state index in [0.29, 0.717) is 5.91 Å². The van der Waals surface area contributed by atoms with Crippen LogP contribution in [0.4, 0.5) is 0 Å². The van der Waals surface area contributed by atoms with Gasteiger partial charge in [0.2, 0.25) is 5.91 Å². The second kappa shape index (κ2) is 7.80. The summed E-state index contributed by atoms with van der Waals surface area (Å²) in [6.07, 6.45) is 2.15. The van der Waals surface area contributed by atoms with Crippen molar-refractivity contribution in [1.82, 2.24) is 9.80 Å². The number of hydrogen-bond acceptors (Lipinski definition) is 2. The highest BCUT2D eigenvalue weighted by atomic mass is 16.2. The summed E-state index contributed by atoms with van der Waals surface area (Å²) in [5.41, 5.74) is 1.34. The van der Waals surface area contributed by atoms with Crippen LogP contribution < -0.4 is 0 Å². The van der Waals surface area contributed by atoms with Gasteiger partial charge >= 0.3 is 0 Å². The quantitative estimate of drug-likeness (QED) is 0.832. The van der Waals surface area contributed by atoms with Crippen LogP contribution in [0, 0.1) is 5.92 Å². The highest BCUT2D eigenvalue weighted by molar-refractivity contribution is 5.83. The predicted octanol–water partition coefficient (Wildman–Crippen LogP) is 3.92. The zero-order valence-corrected chi connectivity index (χ0v) is 14.9. The molecule has 0 bridgehead atoms. The Morgan fingerprint density at radius 2 is 1.88 bits per heavy atom. The average molecular weight is 324 g/mol. The summed E-state index contributed by atoms with van der Waals surface area (Å²) < 4.78 is 0. The molecule has 3 heteroatoms. The van der Waals surface area contributed by atoms with Gasteiger partial charge in [-0.3, -0.25) is 9.69 Å². The van der Waals surface area contributed by atoms with E-state index in [1.54, 1.807) is 0 Å². The molecule has 1 saturated heterocycles. The third-order valence-corrected chi connectivity index (χ3v) is 5.15. The molecular weight excluding hydrogens is 296 g/mol. The van der Waals surface area contributed by atoms with Crippen molar-refractivity contribution in [1.29, 1.82) is 0 Å². The van der Waals surface area contributed by atoms with Crippen LogP contribution in [0.25, 0.3) is 10.8 Å². The summed E-state index contributed by atoms with van der Waals surface area (Å²) in [6.45, 7) is 8.69. The molecule has 1 aliphatic rings. The fourth-order valence-electron chi connectivity index (χ4n) is 3.79. The summed E-state index contributed by atoms with van der Waals surface area (Å²) in [6, 6.07) is 15.2. The van der Waals surface area contributed by atoms with Crippen molar-refractivity contribution in [2.75, 3.05) is 26.2 Å². The van der Waals surface area contributed by atoms with Gasteiger partial charge in [0.1, 0.15) is 0 Å². The molecule has 0 spiro atoms. The maximum absolute atomic E-state index is 12.6. The standard InChI is InChI=1S/C21H28N2O/c1-3-23(4-2)21(24)20-10-7-13-22(16-20)15-17-11-12-18-8-5-6-9-19(18)14-17/h5-6,8-9,11-12,14,20H,3-4,7,10,13,15-16H2,1-2H3. The molecule has 0 N–H and O–H groups in total. The van der Waals surface area contributed by atoms with E-state index in [2.05, 4.69) is 61.2 Å². The summed E-state index contributed by atoms with van der Waals surface area (Å²) in [7, 11) is 0. The fraction of sp³-hybridized carbons (Fsp3) is 0.476. The third kappa shape index (κ3) is 3.78. The molecule has 0 saturated carbocycles. The molecule has 1 atom stereocenters. The second-order valence-electron chi connectivity index (χ2n) is 6.77. The number of benzene rings is 2. The van der Waals surface area contributed by atoms with Gasteiger partial charge in [0, 0.05) is 26.2 Å². The SMILES string of the molecule is CCN(CC)C(=O)C1CCCN(Cc2ccc3ccccc3c2)C1. The lowest BCUT2D eigenvalue weighted by atomic mass is 9.95. The van der Waals surface area contributed by atoms with E-state index in [9.17, 15) is 4.79 Å². The number of carbonyl (C=O) groups excluding carboxylic acids is 1. The summed E-state index contributed by atoms with van der Waals surface area (Å²) >= 11 is 0. The zero-order valence-electron chi connectivity index (χ0n) is 14.9. The molecule has 0 aliphatic carbocycles. The van der Waals surface area contributed by atoms with Crippen molar-refractivity contribution in [2.45, 2.75) is 33.2 Å². The molecular formula is C21H28N2O. The van der Waals surface area contributed by atoms with Gasteiger partial charge in [-0.1, -0.05) is 36.4 Å². The lowest BCUT2D eigenvalue weighted by molar-refractivity contribution is -0.137. The lowest BCUT2D eigenvalue weighted by Crippen LogP contribution is -2.44. The molecule has 24 heavy (non-hydrogen) atoms. The van der Waals surface area contributed by atoms with Crippen LogP contribution in [0.15, 0.2) is 42.5 Å². The zero-order chi connectivity index (χ0) is 16.9. The molecule has 0 aromatic heterocycles. The molecule has 2 aromatic carbocycles. The fourth-order valence-corrected chi connectivity index (χ4v) is 3.79. The molecule has 1 aliphatic heterocycles. The summed E-state index contributed by atoms with van der Waals surface area (Å²) in [4.78, 5) is 17.1. The van der Waals surface area contributed by atoms with Gasteiger partial charge in [0.05, 0.1) is 5.92 Å². The minimum Gasteiger partial charge on any atom is -0.343 e. The van der Waals surface area contributed by atoms with E-state index in [0.717, 1.165) is 45.6 Å². The number of carbonyl (C=O) groups is 1. The van der Waals surface area contributed by atoms with Crippen molar-refractivity contribution in [3.05, 3.63) is 48.0 Å². The topological polar surface area (TPSA) is 23.6 Å². The molecule has 128 valence electrons. The first-order valence-corrected chi connectivity index (χ1v) is 9.20. The maximum Gasteiger partial charge on any atom is 0.226 e. The number of hydrogen-bond donors (Lipinski definition) is 0. The van der Waals surface area contributed by atoms with Gasteiger partial charge < -0.3 is 4.90 Å². The Kier molecular flexibility index (Phi) is 5.52. The highest BCUT2D eigenvalue weighted by Crippen LogP contribution is 2.22. The van der Waals surface area contributed by atoms with E-state index in [1.807, 2.05) is 4.90 Å². The number of rotatable bonds is 5. The average Bonchev–Trinajstić information content (AvgIpc) is 2.63. The van der Waals surface area contributed by atoms with Crippen molar-refractivity contribution in [3.63, 3.8) is 0 Å². The third-order valence-electron chi connectivity index (χ3n) is 5.15. The molecule has 0 radical (unpaired) electrons. The van der Waals surface area contributed by atoms with E-state index < -0.39 is 0 Å². The smallest absolute Gasteiger partial charge is 0.226 e. The maximum atomic E-state index is 12.6. The first-order valence-electron chi connectivity index (χ1n) is 9.20.